The Kier molecular flexibility index (Phi) is 9.34. The number of imidazole rings is 1. The van der Waals surface area contributed by atoms with E-state index in [1.807, 2.05) is 36.7 Å². The van der Waals surface area contributed by atoms with Crippen LogP contribution in [0.3, 0.4) is 0 Å². The van der Waals surface area contributed by atoms with E-state index >= 15 is 0 Å². The molecule has 2 atom stereocenters. The van der Waals surface area contributed by atoms with E-state index in [0.717, 1.165) is 39.1 Å². The zero-order valence-electron chi connectivity index (χ0n) is 30.0. The number of carbonyl (C=O) groups is 1. The van der Waals surface area contributed by atoms with Crippen molar-refractivity contribution in [1.82, 2.24) is 20.3 Å². The van der Waals surface area contributed by atoms with Crippen LogP contribution in [0.2, 0.25) is 0 Å². The first kappa shape index (κ1) is 33.6. The van der Waals surface area contributed by atoms with E-state index in [-0.39, 0.29) is 23.8 Å². The summed E-state index contributed by atoms with van der Waals surface area (Å²) in [5.41, 5.74) is 10.5. The molecule has 0 saturated heterocycles. The van der Waals surface area contributed by atoms with Crippen LogP contribution in [0.15, 0.2) is 158 Å². The summed E-state index contributed by atoms with van der Waals surface area (Å²) in [4.78, 5) is 26.4. The standard InChI is InChI=1S/C48H42N4O2/c53-48(52-45(27-32-22-23-33-12-4-5-15-35(33)26-32)47-50-30-46(51-47)34-13-2-1-3-14-34)36(28-37-29-49-44-21-11-10-16-38(37)44)24-25-54-31-43-41-19-8-6-17-39(41)40-18-7-9-20-42(40)43/h1-23,26,29-30,36,43,45,49H,24-25,27-28,31H2,(H,50,51)(H,52,53)/t36-,45-/m1/s1. The summed E-state index contributed by atoms with van der Waals surface area (Å²) in [5, 5.41) is 6.97. The molecular formula is C48H42N4O2. The lowest BCUT2D eigenvalue weighted by molar-refractivity contribution is -0.126. The third kappa shape index (κ3) is 6.84. The van der Waals surface area contributed by atoms with Gasteiger partial charge in [-0.1, -0.05) is 140 Å². The van der Waals surface area contributed by atoms with Crippen LogP contribution < -0.4 is 5.32 Å². The number of hydrogen-bond acceptors (Lipinski definition) is 3. The fraction of sp³-hybridized carbons (Fsp3) is 0.167. The molecule has 1 aliphatic carbocycles. The van der Waals surface area contributed by atoms with Gasteiger partial charge in [-0.15, -0.1) is 0 Å². The van der Waals surface area contributed by atoms with Gasteiger partial charge in [0, 0.05) is 35.5 Å². The number of amides is 1. The second-order valence-corrected chi connectivity index (χ2v) is 14.3. The average Bonchev–Trinajstić information content (AvgIpc) is 3.96. The molecule has 0 fully saturated rings. The van der Waals surface area contributed by atoms with E-state index in [9.17, 15) is 4.79 Å². The summed E-state index contributed by atoms with van der Waals surface area (Å²) in [6.45, 7) is 1.03. The fourth-order valence-electron chi connectivity index (χ4n) is 8.14. The zero-order chi connectivity index (χ0) is 36.3. The van der Waals surface area contributed by atoms with Crippen molar-refractivity contribution in [3.05, 3.63) is 186 Å². The lowest BCUT2D eigenvalue weighted by Crippen LogP contribution is -2.37. The van der Waals surface area contributed by atoms with Gasteiger partial charge in [0.05, 0.1) is 24.5 Å². The SMILES string of the molecule is O=C(N[C@H](Cc1ccc2ccccc2c1)c1ncc(-c2ccccc2)[nH]1)[C@H](CCOCC1c2ccccc2-c2ccccc21)Cc1c[nH]c2ccccc12. The van der Waals surface area contributed by atoms with Crippen LogP contribution in [0.25, 0.3) is 44.1 Å². The normalized spacial score (nSPS) is 13.5. The predicted octanol–water partition coefficient (Wildman–Crippen LogP) is 10.2. The molecule has 0 spiro atoms. The predicted molar refractivity (Wildman–Crippen MR) is 217 cm³/mol. The maximum absolute atomic E-state index is 14.6. The van der Waals surface area contributed by atoms with Gasteiger partial charge in [0.25, 0.3) is 0 Å². The Bertz CT molecular complexity index is 2510. The number of rotatable bonds is 13. The van der Waals surface area contributed by atoms with Crippen molar-refractivity contribution in [2.45, 2.75) is 31.2 Å². The molecule has 0 aliphatic heterocycles. The lowest BCUT2D eigenvalue weighted by Gasteiger charge is -2.23. The van der Waals surface area contributed by atoms with Gasteiger partial charge >= 0.3 is 0 Å². The largest absolute Gasteiger partial charge is 0.380 e. The van der Waals surface area contributed by atoms with Crippen LogP contribution >= 0.6 is 0 Å². The molecule has 6 aromatic carbocycles. The number of aromatic amines is 2. The number of para-hydroxylation sites is 1. The number of ether oxygens (including phenoxy) is 1. The summed E-state index contributed by atoms with van der Waals surface area (Å²) < 4.78 is 6.49. The highest BCUT2D eigenvalue weighted by atomic mass is 16.5. The quantitative estimate of drug-likeness (QED) is 0.104. The van der Waals surface area contributed by atoms with Crippen molar-refractivity contribution in [2.75, 3.05) is 13.2 Å². The molecule has 2 aromatic heterocycles. The molecule has 1 amide bonds. The highest BCUT2D eigenvalue weighted by Gasteiger charge is 2.29. The number of aromatic nitrogens is 3. The molecule has 3 N–H and O–H groups in total. The monoisotopic (exact) mass is 706 g/mol. The highest BCUT2D eigenvalue weighted by Crippen LogP contribution is 2.44. The Morgan fingerprint density at radius 3 is 2.26 bits per heavy atom. The first-order valence-corrected chi connectivity index (χ1v) is 18.9. The maximum atomic E-state index is 14.6. The average molecular weight is 707 g/mol. The fourth-order valence-corrected chi connectivity index (χ4v) is 8.14. The third-order valence-corrected chi connectivity index (χ3v) is 11.0. The minimum atomic E-state index is -0.367. The van der Waals surface area contributed by atoms with Gasteiger partial charge in [0.15, 0.2) is 0 Å². The van der Waals surface area contributed by atoms with Crippen molar-refractivity contribution >= 4 is 27.6 Å². The topological polar surface area (TPSA) is 82.8 Å². The second-order valence-electron chi connectivity index (χ2n) is 14.3. The summed E-state index contributed by atoms with van der Waals surface area (Å²) in [6, 6.07) is 50.2. The summed E-state index contributed by atoms with van der Waals surface area (Å²) in [6.07, 6.45) is 5.67. The van der Waals surface area contributed by atoms with Crippen molar-refractivity contribution in [1.29, 1.82) is 0 Å². The third-order valence-electron chi connectivity index (χ3n) is 11.0. The van der Waals surface area contributed by atoms with E-state index in [4.69, 9.17) is 9.72 Å². The Morgan fingerprint density at radius 1 is 0.741 bits per heavy atom. The first-order chi connectivity index (χ1) is 26.7. The molecule has 0 saturated carbocycles. The number of fused-ring (bicyclic) bond motifs is 5. The van der Waals surface area contributed by atoms with Gasteiger partial charge in [-0.3, -0.25) is 4.79 Å². The molecule has 0 unspecified atom stereocenters. The van der Waals surface area contributed by atoms with E-state index < -0.39 is 0 Å². The van der Waals surface area contributed by atoms with Crippen LogP contribution in [0.1, 0.15) is 46.5 Å². The molecule has 1 aliphatic rings. The summed E-state index contributed by atoms with van der Waals surface area (Å²) >= 11 is 0. The smallest absolute Gasteiger partial charge is 0.224 e. The first-order valence-electron chi connectivity index (χ1n) is 18.9. The van der Waals surface area contributed by atoms with Crippen LogP contribution in [0.5, 0.6) is 0 Å². The molecule has 0 bridgehead atoms. The zero-order valence-corrected chi connectivity index (χ0v) is 30.0. The number of nitrogens with one attached hydrogen (secondary N) is 3. The molecule has 6 heteroatoms. The van der Waals surface area contributed by atoms with Crippen LogP contribution in [0, 0.1) is 5.92 Å². The van der Waals surface area contributed by atoms with Crippen molar-refractivity contribution in [2.24, 2.45) is 5.92 Å². The van der Waals surface area contributed by atoms with Crippen molar-refractivity contribution in [3.8, 4) is 22.4 Å². The van der Waals surface area contributed by atoms with Gasteiger partial charge < -0.3 is 20.0 Å². The molecular weight excluding hydrogens is 665 g/mol. The molecule has 0 radical (unpaired) electrons. The Balaban J connectivity index is 0.978. The Labute approximate surface area is 315 Å². The molecule has 266 valence electrons. The van der Waals surface area contributed by atoms with Gasteiger partial charge in [0.2, 0.25) is 5.91 Å². The Morgan fingerprint density at radius 2 is 1.44 bits per heavy atom. The van der Waals surface area contributed by atoms with Crippen molar-refractivity contribution < 1.29 is 9.53 Å². The number of H-pyrrole nitrogens is 2. The Hall–Kier alpha value is -6.24. The molecule has 8 aromatic rings. The van der Waals surface area contributed by atoms with E-state index in [0.29, 0.717) is 32.5 Å². The molecule has 2 heterocycles. The van der Waals surface area contributed by atoms with E-state index in [2.05, 4.69) is 137 Å². The van der Waals surface area contributed by atoms with Gasteiger partial charge in [-0.05, 0) is 75.0 Å². The number of benzene rings is 6. The minimum absolute atomic E-state index is 0.0103. The molecule has 9 rings (SSSR count). The number of nitrogens with zero attached hydrogens (tertiary/aromatic N) is 1. The number of carbonyl (C=O) groups excluding carboxylic acids is 1. The van der Waals surface area contributed by atoms with Crippen molar-refractivity contribution in [3.63, 3.8) is 0 Å². The van der Waals surface area contributed by atoms with Gasteiger partial charge in [0.1, 0.15) is 5.82 Å². The second kappa shape index (κ2) is 15.0. The van der Waals surface area contributed by atoms with E-state index in [1.54, 1.807) is 0 Å². The summed E-state index contributed by atoms with van der Waals surface area (Å²) in [7, 11) is 0. The molecule has 6 nitrogen and oxygen atoms in total. The van der Waals surface area contributed by atoms with Crippen LogP contribution in [-0.2, 0) is 22.4 Å². The van der Waals surface area contributed by atoms with Gasteiger partial charge in [-0.25, -0.2) is 4.98 Å². The maximum Gasteiger partial charge on any atom is 0.224 e. The van der Waals surface area contributed by atoms with Gasteiger partial charge in [-0.2, -0.15) is 0 Å². The van der Waals surface area contributed by atoms with Crippen LogP contribution in [0.4, 0.5) is 0 Å². The van der Waals surface area contributed by atoms with Crippen LogP contribution in [-0.4, -0.2) is 34.1 Å². The lowest BCUT2D eigenvalue weighted by atomic mass is 9.94. The highest BCUT2D eigenvalue weighted by molar-refractivity contribution is 5.86. The minimum Gasteiger partial charge on any atom is -0.380 e. The molecule has 54 heavy (non-hydrogen) atoms. The number of hydrogen-bond donors (Lipinski definition) is 3. The summed E-state index contributed by atoms with van der Waals surface area (Å²) in [5.74, 6) is 0.567. The van der Waals surface area contributed by atoms with E-state index in [1.165, 1.54) is 33.0 Å².